The van der Waals surface area contributed by atoms with Gasteiger partial charge in [0.1, 0.15) is 0 Å². The van der Waals surface area contributed by atoms with Crippen molar-refractivity contribution in [1.29, 1.82) is 0 Å². The molecule has 0 aromatic heterocycles. The zero-order valence-corrected chi connectivity index (χ0v) is 14.5. The van der Waals surface area contributed by atoms with E-state index in [1.165, 1.54) is 4.31 Å². The summed E-state index contributed by atoms with van der Waals surface area (Å²) in [6, 6.07) is 5.75. The molecule has 0 bridgehead atoms. The Morgan fingerprint density at radius 3 is 2.62 bits per heavy atom. The molecule has 0 aliphatic heterocycles. The first kappa shape index (κ1) is 16.3. The van der Waals surface area contributed by atoms with Gasteiger partial charge in [-0.3, -0.25) is 9.10 Å². The molecule has 2 rings (SSSR count). The molecule has 21 heavy (non-hydrogen) atoms. The molecular weight excluding hydrogens is 356 g/mol. The molecule has 0 atom stereocenters. The molecule has 0 unspecified atom stereocenters. The first-order valence-electron chi connectivity index (χ1n) is 6.80. The van der Waals surface area contributed by atoms with Crippen molar-refractivity contribution < 1.29 is 13.2 Å². The Morgan fingerprint density at radius 2 is 2.10 bits per heavy atom. The van der Waals surface area contributed by atoms with Crippen molar-refractivity contribution in [3.05, 3.63) is 28.2 Å². The molecular formula is C14H19BrN2O3S. The van der Waals surface area contributed by atoms with Crippen LogP contribution in [0.5, 0.6) is 0 Å². The summed E-state index contributed by atoms with van der Waals surface area (Å²) in [7, 11) is -3.44. The molecule has 0 spiro atoms. The van der Waals surface area contributed by atoms with E-state index in [9.17, 15) is 13.2 Å². The number of carbonyl (C=O) groups is 1. The van der Waals surface area contributed by atoms with E-state index in [0.29, 0.717) is 10.2 Å². The first-order chi connectivity index (χ1) is 9.77. The van der Waals surface area contributed by atoms with Gasteiger partial charge in [-0.25, -0.2) is 8.42 Å². The smallest absolute Gasteiger partial charge is 0.232 e. The van der Waals surface area contributed by atoms with Crippen molar-refractivity contribution >= 4 is 37.5 Å². The minimum atomic E-state index is -3.44. The quantitative estimate of drug-likeness (QED) is 0.829. The lowest BCUT2D eigenvalue weighted by Crippen LogP contribution is -2.35. The molecule has 7 heteroatoms. The van der Waals surface area contributed by atoms with Crippen LogP contribution in [0.15, 0.2) is 22.7 Å². The van der Waals surface area contributed by atoms with Gasteiger partial charge in [-0.2, -0.15) is 0 Å². The molecule has 0 saturated heterocycles. The van der Waals surface area contributed by atoms with Gasteiger partial charge < -0.3 is 5.32 Å². The normalized spacial score (nSPS) is 14.8. The van der Waals surface area contributed by atoms with Crippen LogP contribution in [0.25, 0.3) is 0 Å². The van der Waals surface area contributed by atoms with E-state index < -0.39 is 10.0 Å². The molecule has 1 saturated carbocycles. The summed E-state index contributed by atoms with van der Waals surface area (Å²) >= 11 is 3.39. The van der Waals surface area contributed by atoms with E-state index in [1.54, 1.807) is 6.07 Å². The second-order valence-electron chi connectivity index (χ2n) is 5.38. The highest BCUT2D eigenvalue weighted by Gasteiger charge is 2.25. The number of anilines is 1. The largest absolute Gasteiger partial charge is 0.353 e. The molecule has 0 heterocycles. The van der Waals surface area contributed by atoms with Crippen molar-refractivity contribution in [3.63, 3.8) is 0 Å². The number of sulfonamides is 1. The topological polar surface area (TPSA) is 66.5 Å². The SMILES string of the molecule is Cc1ccc(N(CCC(=O)NC2CC2)S(C)(=O)=O)c(Br)c1. The van der Waals surface area contributed by atoms with Gasteiger partial charge in [0.15, 0.2) is 0 Å². The molecule has 116 valence electrons. The second kappa shape index (κ2) is 6.36. The summed E-state index contributed by atoms with van der Waals surface area (Å²) in [5, 5.41) is 2.86. The average molecular weight is 375 g/mol. The third-order valence-electron chi connectivity index (χ3n) is 3.26. The van der Waals surface area contributed by atoms with Gasteiger partial charge in [-0.15, -0.1) is 0 Å². The third-order valence-corrected chi connectivity index (χ3v) is 5.07. The van der Waals surface area contributed by atoms with Crippen LogP contribution in [-0.4, -0.2) is 33.2 Å². The van der Waals surface area contributed by atoms with Crippen LogP contribution >= 0.6 is 15.9 Å². The number of hydrogen-bond donors (Lipinski definition) is 1. The van der Waals surface area contributed by atoms with Gasteiger partial charge >= 0.3 is 0 Å². The fourth-order valence-corrected chi connectivity index (χ4v) is 3.77. The molecule has 1 aliphatic rings. The summed E-state index contributed by atoms with van der Waals surface area (Å²) in [5.41, 5.74) is 1.59. The van der Waals surface area contributed by atoms with Gasteiger partial charge in [-0.05, 0) is 53.4 Å². The van der Waals surface area contributed by atoms with Crippen molar-refractivity contribution in [2.45, 2.75) is 32.2 Å². The summed E-state index contributed by atoms with van der Waals surface area (Å²) in [5.74, 6) is -0.102. The maximum absolute atomic E-state index is 12.0. The Kier molecular flexibility index (Phi) is 4.93. The number of carbonyl (C=O) groups excluding carboxylic acids is 1. The van der Waals surface area contributed by atoms with Crippen LogP contribution in [0.4, 0.5) is 5.69 Å². The molecule has 5 nitrogen and oxygen atoms in total. The number of hydrogen-bond acceptors (Lipinski definition) is 3. The molecule has 1 aromatic rings. The van der Waals surface area contributed by atoms with Crippen LogP contribution in [0.2, 0.25) is 0 Å². The van der Waals surface area contributed by atoms with Crippen LogP contribution < -0.4 is 9.62 Å². The molecule has 0 radical (unpaired) electrons. The van der Waals surface area contributed by atoms with E-state index in [2.05, 4.69) is 21.2 Å². The molecule has 1 fully saturated rings. The summed E-state index contributed by atoms with van der Waals surface area (Å²) in [6.45, 7) is 2.07. The highest BCUT2D eigenvalue weighted by Crippen LogP contribution is 2.29. The van der Waals surface area contributed by atoms with Crippen LogP contribution in [0.1, 0.15) is 24.8 Å². The van der Waals surface area contributed by atoms with Crippen molar-refractivity contribution in [3.8, 4) is 0 Å². The van der Waals surface area contributed by atoms with E-state index >= 15 is 0 Å². The Morgan fingerprint density at radius 1 is 1.43 bits per heavy atom. The van der Waals surface area contributed by atoms with E-state index in [4.69, 9.17) is 0 Å². The standard InChI is InChI=1S/C14H19BrN2O3S/c1-10-3-6-13(12(15)9-10)17(21(2,19)20)8-7-14(18)16-11-4-5-11/h3,6,9,11H,4-5,7-8H2,1-2H3,(H,16,18). The number of amides is 1. The third kappa shape index (κ3) is 4.71. The van der Waals surface area contributed by atoms with Crippen molar-refractivity contribution in [1.82, 2.24) is 5.32 Å². The lowest BCUT2D eigenvalue weighted by molar-refractivity contribution is -0.121. The zero-order chi connectivity index (χ0) is 15.6. The Labute approximate surface area is 133 Å². The van der Waals surface area contributed by atoms with Crippen LogP contribution in [0, 0.1) is 6.92 Å². The number of rotatable bonds is 6. The number of nitrogens with zero attached hydrogens (tertiary/aromatic N) is 1. The summed E-state index contributed by atoms with van der Waals surface area (Å²) in [6.07, 6.45) is 3.35. The molecule has 1 aliphatic carbocycles. The summed E-state index contributed by atoms with van der Waals surface area (Å²) in [4.78, 5) is 11.8. The van der Waals surface area contributed by atoms with Gasteiger partial charge in [0.05, 0.1) is 11.9 Å². The molecule has 1 N–H and O–H groups in total. The van der Waals surface area contributed by atoms with Crippen molar-refractivity contribution in [2.24, 2.45) is 0 Å². The zero-order valence-electron chi connectivity index (χ0n) is 12.1. The Hall–Kier alpha value is -1.08. The minimum absolute atomic E-state index is 0.102. The number of nitrogens with one attached hydrogen (secondary N) is 1. The number of aryl methyl sites for hydroxylation is 1. The fraction of sp³-hybridized carbons (Fsp3) is 0.500. The number of benzene rings is 1. The molecule has 1 amide bonds. The molecule has 1 aromatic carbocycles. The van der Waals surface area contributed by atoms with Crippen LogP contribution in [-0.2, 0) is 14.8 Å². The predicted octanol–water partition coefficient (Wildman–Crippen LogP) is 2.19. The van der Waals surface area contributed by atoms with Gasteiger partial charge in [0.25, 0.3) is 0 Å². The van der Waals surface area contributed by atoms with Gasteiger partial charge in [0.2, 0.25) is 15.9 Å². The lowest BCUT2D eigenvalue weighted by Gasteiger charge is -2.23. The van der Waals surface area contributed by atoms with E-state index in [1.807, 2.05) is 19.1 Å². The predicted molar refractivity (Wildman–Crippen MR) is 86.9 cm³/mol. The maximum Gasteiger partial charge on any atom is 0.232 e. The van der Waals surface area contributed by atoms with E-state index in [-0.39, 0.29) is 24.9 Å². The Bertz CT molecular complexity index is 642. The number of halogens is 1. The average Bonchev–Trinajstić information content (AvgIpc) is 3.14. The lowest BCUT2D eigenvalue weighted by atomic mass is 10.2. The van der Waals surface area contributed by atoms with Crippen LogP contribution in [0.3, 0.4) is 0 Å². The first-order valence-corrected chi connectivity index (χ1v) is 9.45. The summed E-state index contributed by atoms with van der Waals surface area (Å²) < 4.78 is 26.0. The Balaban J connectivity index is 2.12. The van der Waals surface area contributed by atoms with Gasteiger partial charge in [-0.1, -0.05) is 6.07 Å². The van der Waals surface area contributed by atoms with E-state index in [0.717, 1.165) is 24.7 Å². The second-order valence-corrected chi connectivity index (χ2v) is 8.14. The highest BCUT2D eigenvalue weighted by atomic mass is 79.9. The van der Waals surface area contributed by atoms with Crippen molar-refractivity contribution in [2.75, 3.05) is 17.1 Å². The fourth-order valence-electron chi connectivity index (χ4n) is 2.01. The van der Waals surface area contributed by atoms with Gasteiger partial charge in [0, 0.05) is 23.5 Å². The minimum Gasteiger partial charge on any atom is -0.353 e. The highest BCUT2D eigenvalue weighted by molar-refractivity contribution is 9.10. The monoisotopic (exact) mass is 374 g/mol. The maximum atomic E-state index is 12.0.